The molecule has 0 fully saturated rings. The molecule has 0 saturated carbocycles. The van der Waals surface area contributed by atoms with Crippen LogP contribution in [0.1, 0.15) is 31.3 Å². The van der Waals surface area contributed by atoms with Crippen molar-refractivity contribution in [2.24, 2.45) is 0 Å². The van der Waals surface area contributed by atoms with Gasteiger partial charge in [-0.3, -0.25) is 0 Å². The summed E-state index contributed by atoms with van der Waals surface area (Å²) >= 11 is 1.42. The van der Waals surface area contributed by atoms with Gasteiger partial charge >= 0.3 is 12.1 Å². The summed E-state index contributed by atoms with van der Waals surface area (Å²) in [6, 6.07) is 3.54. The normalized spacial score (nSPS) is 10.9. The van der Waals surface area contributed by atoms with Gasteiger partial charge in [-0.25, -0.2) is 14.6 Å². The lowest BCUT2D eigenvalue weighted by Gasteiger charge is -2.19. The van der Waals surface area contributed by atoms with Crippen molar-refractivity contribution < 1.29 is 19.1 Å². The average molecular weight is 312 g/mol. The summed E-state index contributed by atoms with van der Waals surface area (Å²) in [5.74, 6) is 0.118. The Hall–Kier alpha value is -1.76. The monoisotopic (exact) mass is 312 g/mol. The molecule has 0 spiro atoms. The second kappa shape index (κ2) is 7.87. The van der Waals surface area contributed by atoms with Crippen molar-refractivity contribution in [3.63, 3.8) is 0 Å². The molecule has 1 aromatic rings. The van der Waals surface area contributed by atoms with Crippen LogP contribution in [0.25, 0.3) is 0 Å². The van der Waals surface area contributed by atoms with Crippen LogP contribution < -0.4 is 5.32 Å². The van der Waals surface area contributed by atoms with Crippen LogP contribution in [0, 0.1) is 0 Å². The molecule has 0 unspecified atom stereocenters. The van der Waals surface area contributed by atoms with E-state index in [0.717, 1.165) is 4.90 Å². The predicted octanol–water partition coefficient (Wildman–Crippen LogP) is 2.49. The Morgan fingerprint density at radius 1 is 1.38 bits per heavy atom. The first-order valence-corrected chi connectivity index (χ1v) is 7.45. The Balaban J connectivity index is 2.43. The van der Waals surface area contributed by atoms with Crippen molar-refractivity contribution in [2.75, 3.05) is 19.4 Å². The minimum absolute atomic E-state index is 0.280. The number of carbonyl (C=O) groups excluding carboxylic acids is 2. The highest BCUT2D eigenvalue weighted by Gasteiger charge is 2.16. The Morgan fingerprint density at radius 3 is 2.71 bits per heavy atom. The van der Waals surface area contributed by atoms with E-state index in [2.05, 4.69) is 15.0 Å². The van der Waals surface area contributed by atoms with E-state index in [1.807, 2.05) is 0 Å². The van der Waals surface area contributed by atoms with E-state index in [4.69, 9.17) is 4.74 Å². The first kappa shape index (κ1) is 17.3. The first-order chi connectivity index (χ1) is 9.83. The number of carbonyl (C=O) groups is 2. The molecule has 0 saturated heterocycles. The summed E-state index contributed by atoms with van der Waals surface area (Å²) in [7, 11) is 1.31. The van der Waals surface area contributed by atoms with Crippen LogP contribution in [0.15, 0.2) is 23.2 Å². The van der Waals surface area contributed by atoms with Crippen LogP contribution in [-0.4, -0.2) is 42.1 Å². The molecule has 1 rings (SSSR count). The van der Waals surface area contributed by atoms with Crippen molar-refractivity contribution in [3.8, 4) is 0 Å². The van der Waals surface area contributed by atoms with Gasteiger partial charge in [0.15, 0.2) is 5.69 Å². The second-order valence-electron chi connectivity index (χ2n) is 5.12. The number of aromatic nitrogens is 1. The SMILES string of the molecule is COC(=O)c1ncccc1SCCNC(=O)OC(C)(C)C. The number of hydrogen-bond acceptors (Lipinski definition) is 6. The molecule has 1 amide bonds. The number of methoxy groups -OCH3 is 1. The molecule has 0 radical (unpaired) electrons. The molecule has 0 atom stereocenters. The standard InChI is InChI=1S/C14H20N2O4S/c1-14(2,3)20-13(18)16-8-9-21-10-6-5-7-15-11(10)12(17)19-4/h5-7H,8-9H2,1-4H3,(H,16,18). The molecule has 0 aromatic carbocycles. The lowest BCUT2D eigenvalue weighted by molar-refractivity contribution is 0.0529. The maximum atomic E-state index is 11.5. The molecule has 7 heteroatoms. The van der Waals surface area contributed by atoms with E-state index >= 15 is 0 Å². The molecule has 21 heavy (non-hydrogen) atoms. The van der Waals surface area contributed by atoms with Crippen molar-refractivity contribution in [1.29, 1.82) is 0 Å². The quantitative estimate of drug-likeness (QED) is 0.511. The molecule has 1 heterocycles. The third-order valence-electron chi connectivity index (χ3n) is 2.18. The summed E-state index contributed by atoms with van der Waals surface area (Å²) in [5.41, 5.74) is -0.235. The molecule has 116 valence electrons. The molecule has 1 aromatic heterocycles. The van der Waals surface area contributed by atoms with E-state index in [-0.39, 0.29) is 5.69 Å². The zero-order chi connectivity index (χ0) is 15.9. The number of pyridine rings is 1. The van der Waals surface area contributed by atoms with Gasteiger partial charge < -0.3 is 14.8 Å². The number of hydrogen-bond donors (Lipinski definition) is 1. The van der Waals surface area contributed by atoms with Crippen LogP contribution in [0.5, 0.6) is 0 Å². The number of rotatable bonds is 5. The van der Waals surface area contributed by atoms with Crippen LogP contribution in [-0.2, 0) is 9.47 Å². The van der Waals surface area contributed by atoms with Crippen molar-refractivity contribution in [2.45, 2.75) is 31.3 Å². The number of esters is 1. The fourth-order valence-electron chi connectivity index (χ4n) is 1.39. The Labute approximate surface area is 128 Å². The minimum Gasteiger partial charge on any atom is -0.464 e. The molecular formula is C14H20N2O4S. The highest BCUT2D eigenvalue weighted by molar-refractivity contribution is 7.99. The summed E-state index contributed by atoms with van der Waals surface area (Å²) in [5, 5.41) is 2.65. The Morgan fingerprint density at radius 2 is 2.10 bits per heavy atom. The number of thioether (sulfide) groups is 1. The van der Waals surface area contributed by atoms with Crippen molar-refractivity contribution in [3.05, 3.63) is 24.0 Å². The van der Waals surface area contributed by atoms with Crippen LogP contribution in [0.3, 0.4) is 0 Å². The fourth-order valence-corrected chi connectivity index (χ4v) is 2.26. The summed E-state index contributed by atoms with van der Waals surface area (Å²) in [4.78, 5) is 27.7. The Kier molecular flexibility index (Phi) is 6.48. The summed E-state index contributed by atoms with van der Waals surface area (Å²) in [6.45, 7) is 5.84. The van der Waals surface area contributed by atoms with E-state index in [1.165, 1.54) is 25.1 Å². The molecule has 0 aliphatic rings. The molecular weight excluding hydrogens is 292 g/mol. The maximum Gasteiger partial charge on any atom is 0.407 e. The predicted molar refractivity (Wildman–Crippen MR) is 80.5 cm³/mol. The van der Waals surface area contributed by atoms with Gasteiger partial charge in [0.25, 0.3) is 0 Å². The van der Waals surface area contributed by atoms with Crippen LogP contribution in [0.4, 0.5) is 4.79 Å². The van der Waals surface area contributed by atoms with E-state index in [1.54, 1.807) is 32.9 Å². The van der Waals surface area contributed by atoms with Gasteiger partial charge in [0.2, 0.25) is 0 Å². The van der Waals surface area contributed by atoms with E-state index in [9.17, 15) is 9.59 Å². The van der Waals surface area contributed by atoms with Crippen molar-refractivity contribution >= 4 is 23.8 Å². The smallest absolute Gasteiger partial charge is 0.407 e. The van der Waals surface area contributed by atoms with Gasteiger partial charge in [-0.15, -0.1) is 11.8 Å². The zero-order valence-electron chi connectivity index (χ0n) is 12.6. The third-order valence-corrected chi connectivity index (χ3v) is 3.23. The van der Waals surface area contributed by atoms with Gasteiger partial charge in [0.1, 0.15) is 5.60 Å². The van der Waals surface area contributed by atoms with Crippen molar-refractivity contribution in [1.82, 2.24) is 10.3 Å². The molecule has 6 nitrogen and oxygen atoms in total. The highest BCUT2D eigenvalue weighted by atomic mass is 32.2. The maximum absolute atomic E-state index is 11.5. The van der Waals surface area contributed by atoms with Gasteiger partial charge in [-0.1, -0.05) is 0 Å². The lowest BCUT2D eigenvalue weighted by Crippen LogP contribution is -2.33. The van der Waals surface area contributed by atoms with Gasteiger partial charge in [-0.2, -0.15) is 0 Å². The molecule has 0 aliphatic carbocycles. The summed E-state index contributed by atoms with van der Waals surface area (Å²) in [6.07, 6.45) is 1.08. The number of ether oxygens (including phenoxy) is 2. The van der Waals surface area contributed by atoms with E-state index < -0.39 is 17.7 Å². The molecule has 1 N–H and O–H groups in total. The van der Waals surface area contributed by atoms with Crippen LogP contribution in [0.2, 0.25) is 0 Å². The first-order valence-electron chi connectivity index (χ1n) is 6.46. The van der Waals surface area contributed by atoms with Gasteiger partial charge in [-0.05, 0) is 32.9 Å². The number of alkyl carbamates (subject to hydrolysis) is 1. The Bertz CT molecular complexity index is 500. The highest BCUT2D eigenvalue weighted by Crippen LogP contribution is 2.21. The lowest BCUT2D eigenvalue weighted by atomic mass is 10.2. The fraction of sp³-hybridized carbons (Fsp3) is 0.500. The van der Waals surface area contributed by atoms with E-state index in [0.29, 0.717) is 12.3 Å². The number of nitrogens with one attached hydrogen (secondary N) is 1. The summed E-state index contributed by atoms with van der Waals surface area (Å²) < 4.78 is 9.80. The minimum atomic E-state index is -0.515. The number of amides is 1. The second-order valence-corrected chi connectivity index (χ2v) is 6.26. The topological polar surface area (TPSA) is 77.5 Å². The largest absolute Gasteiger partial charge is 0.464 e. The molecule has 0 aliphatic heterocycles. The van der Waals surface area contributed by atoms with Gasteiger partial charge in [0, 0.05) is 23.4 Å². The average Bonchev–Trinajstić information content (AvgIpc) is 2.41. The third kappa shape index (κ3) is 6.48. The molecule has 0 bridgehead atoms. The van der Waals surface area contributed by atoms with Crippen LogP contribution >= 0.6 is 11.8 Å². The number of nitrogens with zero attached hydrogens (tertiary/aromatic N) is 1. The zero-order valence-corrected chi connectivity index (χ0v) is 13.5. The van der Waals surface area contributed by atoms with Gasteiger partial charge in [0.05, 0.1) is 7.11 Å².